The third kappa shape index (κ3) is 1.73. The van der Waals surface area contributed by atoms with Gasteiger partial charge in [-0.15, -0.1) is 0 Å². The Morgan fingerprint density at radius 2 is 2.07 bits per heavy atom. The van der Waals surface area contributed by atoms with Crippen LogP contribution in [-0.2, 0) is 0 Å². The molecule has 1 aromatic carbocycles. The fourth-order valence-corrected chi connectivity index (χ4v) is 1.67. The third-order valence-corrected chi connectivity index (χ3v) is 2.39. The number of ether oxygens (including phenoxy) is 1. The molecule has 3 nitrogen and oxygen atoms in total. The molecule has 0 spiro atoms. The average molecular weight is 203 g/mol. The van der Waals surface area contributed by atoms with E-state index < -0.39 is 0 Å². The van der Waals surface area contributed by atoms with Crippen molar-refractivity contribution in [1.82, 2.24) is 5.16 Å². The Bertz CT molecular complexity index is 455. The van der Waals surface area contributed by atoms with Gasteiger partial charge in [0.25, 0.3) is 0 Å². The first-order chi connectivity index (χ1) is 7.22. The summed E-state index contributed by atoms with van der Waals surface area (Å²) in [4.78, 5) is 0. The van der Waals surface area contributed by atoms with Gasteiger partial charge in [-0.25, -0.2) is 0 Å². The molecule has 0 atom stereocenters. The highest BCUT2D eigenvalue weighted by molar-refractivity contribution is 5.68. The summed E-state index contributed by atoms with van der Waals surface area (Å²) in [6.45, 7) is 3.85. The van der Waals surface area contributed by atoms with Gasteiger partial charge in [-0.3, -0.25) is 0 Å². The van der Waals surface area contributed by atoms with Crippen molar-refractivity contribution < 1.29 is 9.26 Å². The van der Waals surface area contributed by atoms with E-state index >= 15 is 0 Å². The van der Waals surface area contributed by atoms with Crippen LogP contribution in [-0.4, -0.2) is 12.3 Å². The second-order valence-electron chi connectivity index (χ2n) is 3.43. The van der Waals surface area contributed by atoms with E-state index in [1.165, 1.54) is 0 Å². The largest absolute Gasteiger partial charge is 0.497 e. The maximum absolute atomic E-state index is 5.18. The predicted octanol–water partition coefficient (Wildman–Crippen LogP) is 2.97. The van der Waals surface area contributed by atoms with E-state index in [1.807, 2.05) is 38.1 Å². The van der Waals surface area contributed by atoms with Gasteiger partial charge in [0.05, 0.1) is 12.8 Å². The zero-order valence-corrected chi connectivity index (χ0v) is 9.07. The fraction of sp³-hybridized carbons (Fsp3) is 0.250. The van der Waals surface area contributed by atoms with E-state index in [-0.39, 0.29) is 0 Å². The molecule has 78 valence electrons. The summed E-state index contributed by atoms with van der Waals surface area (Å²) >= 11 is 0. The monoisotopic (exact) mass is 203 g/mol. The van der Waals surface area contributed by atoms with Crippen molar-refractivity contribution in [2.75, 3.05) is 7.11 Å². The van der Waals surface area contributed by atoms with Crippen LogP contribution in [0.4, 0.5) is 0 Å². The minimum absolute atomic E-state index is 0.834. The molecule has 2 rings (SSSR count). The van der Waals surface area contributed by atoms with Crippen LogP contribution in [0.3, 0.4) is 0 Å². The van der Waals surface area contributed by atoms with Crippen molar-refractivity contribution >= 4 is 0 Å². The van der Waals surface area contributed by atoms with Crippen molar-refractivity contribution in [2.24, 2.45) is 0 Å². The number of nitrogens with zero attached hydrogens (tertiary/aromatic N) is 1. The average Bonchev–Trinajstić information content (AvgIpc) is 2.59. The normalized spacial score (nSPS) is 10.3. The first-order valence-corrected chi connectivity index (χ1v) is 4.79. The highest BCUT2D eigenvalue weighted by Gasteiger charge is 2.11. The Morgan fingerprint density at radius 1 is 1.27 bits per heavy atom. The Kier molecular flexibility index (Phi) is 2.46. The second kappa shape index (κ2) is 3.77. The fourth-order valence-electron chi connectivity index (χ4n) is 1.67. The maximum atomic E-state index is 5.18. The number of hydrogen-bond donors (Lipinski definition) is 0. The molecule has 0 radical (unpaired) electrons. The molecule has 0 bridgehead atoms. The number of aromatic nitrogens is 1. The summed E-state index contributed by atoms with van der Waals surface area (Å²) in [7, 11) is 1.66. The summed E-state index contributed by atoms with van der Waals surface area (Å²) in [5, 5.41) is 3.93. The van der Waals surface area contributed by atoms with Crippen LogP contribution in [0, 0.1) is 13.8 Å². The lowest BCUT2D eigenvalue weighted by Gasteiger charge is -2.03. The molecule has 0 saturated heterocycles. The second-order valence-corrected chi connectivity index (χ2v) is 3.43. The van der Waals surface area contributed by atoms with E-state index in [4.69, 9.17) is 9.26 Å². The maximum Gasteiger partial charge on any atom is 0.141 e. The lowest BCUT2D eigenvalue weighted by atomic mass is 10.0. The smallest absolute Gasteiger partial charge is 0.141 e. The highest BCUT2D eigenvalue weighted by atomic mass is 16.5. The van der Waals surface area contributed by atoms with Crippen molar-refractivity contribution in [3.8, 4) is 16.9 Å². The Hall–Kier alpha value is -1.77. The van der Waals surface area contributed by atoms with Gasteiger partial charge >= 0.3 is 0 Å². The molecule has 0 aliphatic heterocycles. The highest BCUT2D eigenvalue weighted by Crippen LogP contribution is 2.29. The minimum Gasteiger partial charge on any atom is -0.497 e. The molecule has 0 amide bonds. The molecular formula is C12H13NO2. The van der Waals surface area contributed by atoms with Crippen LogP contribution in [0.2, 0.25) is 0 Å². The van der Waals surface area contributed by atoms with Gasteiger partial charge in [-0.2, -0.15) is 0 Å². The lowest BCUT2D eigenvalue weighted by Crippen LogP contribution is -1.85. The van der Waals surface area contributed by atoms with Gasteiger partial charge in [0.2, 0.25) is 0 Å². The van der Waals surface area contributed by atoms with Crippen molar-refractivity contribution in [3.05, 3.63) is 35.7 Å². The molecule has 1 aromatic heterocycles. The Labute approximate surface area is 88.7 Å². The first kappa shape index (κ1) is 9.77. The first-order valence-electron chi connectivity index (χ1n) is 4.79. The zero-order chi connectivity index (χ0) is 10.8. The molecule has 0 aliphatic rings. The molecule has 15 heavy (non-hydrogen) atoms. The molecule has 3 heteroatoms. The van der Waals surface area contributed by atoms with E-state index in [9.17, 15) is 0 Å². The SMILES string of the molecule is COc1cccc(-c2c(C)noc2C)c1. The Morgan fingerprint density at radius 3 is 2.67 bits per heavy atom. The quantitative estimate of drug-likeness (QED) is 0.752. The zero-order valence-electron chi connectivity index (χ0n) is 9.07. The number of hydrogen-bond acceptors (Lipinski definition) is 3. The van der Waals surface area contributed by atoms with Crippen LogP contribution in [0.25, 0.3) is 11.1 Å². The van der Waals surface area contributed by atoms with E-state index in [2.05, 4.69) is 5.16 Å². The molecule has 2 aromatic rings. The lowest BCUT2D eigenvalue weighted by molar-refractivity contribution is 0.393. The summed E-state index contributed by atoms with van der Waals surface area (Å²) in [6.07, 6.45) is 0. The van der Waals surface area contributed by atoms with Gasteiger partial charge in [0.15, 0.2) is 0 Å². The summed E-state index contributed by atoms with van der Waals surface area (Å²) in [6, 6.07) is 7.88. The minimum atomic E-state index is 0.834. The van der Waals surface area contributed by atoms with Crippen LogP contribution in [0.15, 0.2) is 28.8 Å². The number of rotatable bonds is 2. The predicted molar refractivity (Wildman–Crippen MR) is 58.0 cm³/mol. The summed E-state index contributed by atoms with van der Waals surface area (Å²) in [5.74, 6) is 1.67. The van der Waals surface area contributed by atoms with Gasteiger partial charge in [0, 0.05) is 5.56 Å². The van der Waals surface area contributed by atoms with Gasteiger partial charge < -0.3 is 9.26 Å². The molecule has 0 aliphatic carbocycles. The van der Waals surface area contributed by atoms with E-state index in [1.54, 1.807) is 7.11 Å². The number of methoxy groups -OCH3 is 1. The topological polar surface area (TPSA) is 35.3 Å². The van der Waals surface area contributed by atoms with E-state index in [0.29, 0.717) is 0 Å². The van der Waals surface area contributed by atoms with Crippen molar-refractivity contribution in [3.63, 3.8) is 0 Å². The van der Waals surface area contributed by atoms with Crippen LogP contribution in [0.5, 0.6) is 5.75 Å². The number of benzene rings is 1. The summed E-state index contributed by atoms with van der Waals surface area (Å²) < 4.78 is 10.3. The van der Waals surface area contributed by atoms with Gasteiger partial charge in [0.1, 0.15) is 11.5 Å². The molecule has 1 heterocycles. The third-order valence-electron chi connectivity index (χ3n) is 2.39. The molecule has 0 saturated carbocycles. The molecular weight excluding hydrogens is 190 g/mol. The molecule has 0 fully saturated rings. The van der Waals surface area contributed by atoms with Crippen LogP contribution < -0.4 is 4.74 Å². The van der Waals surface area contributed by atoms with Crippen molar-refractivity contribution in [2.45, 2.75) is 13.8 Å². The molecule has 0 N–H and O–H groups in total. The number of aryl methyl sites for hydroxylation is 2. The van der Waals surface area contributed by atoms with Gasteiger partial charge in [-0.1, -0.05) is 17.3 Å². The molecule has 0 unspecified atom stereocenters. The summed E-state index contributed by atoms with van der Waals surface area (Å²) in [5.41, 5.74) is 3.03. The van der Waals surface area contributed by atoms with Crippen LogP contribution in [0.1, 0.15) is 11.5 Å². The Balaban J connectivity index is 2.53. The standard InChI is InChI=1S/C12H13NO2/c1-8-12(9(2)15-13-8)10-5-4-6-11(7-10)14-3/h4-7H,1-3H3. The van der Waals surface area contributed by atoms with Crippen molar-refractivity contribution in [1.29, 1.82) is 0 Å². The van der Waals surface area contributed by atoms with E-state index in [0.717, 1.165) is 28.3 Å². The van der Waals surface area contributed by atoms with Crippen LogP contribution >= 0.6 is 0 Å². The van der Waals surface area contributed by atoms with Gasteiger partial charge in [-0.05, 0) is 31.5 Å².